The van der Waals surface area contributed by atoms with E-state index in [4.69, 9.17) is 0 Å². The van der Waals surface area contributed by atoms with Crippen molar-refractivity contribution in [2.75, 3.05) is 11.4 Å². The standard InChI is InChI=1S/C22H25N3O.ClH/c26-22(24-14-4-7-16-5-1-2-8-20(16)24)25-18-9-11-19(21(25)12-10-18)17-6-3-13-23-15-17;/h1-3,5-6,8,13,15,18-19,21H,4,7,9-12,14H2;1H. The molecule has 142 valence electrons. The molecule has 3 atom stereocenters. The minimum Gasteiger partial charge on any atom is -0.318 e. The average Bonchev–Trinajstić information content (AvgIpc) is 3.00. The lowest BCUT2D eigenvalue weighted by molar-refractivity contribution is 0.139. The third-order valence-electron chi connectivity index (χ3n) is 6.50. The van der Waals surface area contributed by atoms with Crippen LogP contribution in [0.5, 0.6) is 0 Å². The van der Waals surface area contributed by atoms with Crippen LogP contribution in [0.1, 0.15) is 49.1 Å². The Balaban J connectivity index is 0.00000180. The zero-order valence-electron chi connectivity index (χ0n) is 15.5. The van der Waals surface area contributed by atoms with Crippen molar-refractivity contribution in [1.82, 2.24) is 9.88 Å². The van der Waals surface area contributed by atoms with Crippen molar-refractivity contribution in [1.29, 1.82) is 0 Å². The Morgan fingerprint density at radius 3 is 2.74 bits per heavy atom. The van der Waals surface area contributed by atoms with E-state index < -0.39 is 0 Å². The maximum Gasteiger partial charge on any atom is 0.325 e. The normalized spacial score (nSPS) is 26.3. The number of halogens is 1. The van der Waals surface area contributed by atoms with Crippen LogP contribution in [0.15, 0.2) is 48.8 Å². The van der Waals surface area contributed by atoms with E-state index in [1.807, 2.05) is 29.4 Å². The number of carbonyl (C=O) groups excluding carboxylic acids is 1. The van der Waals surface area contributed by atoms with Gasteiger partial charge in [-0.25, -0.2) is 4.79 Å². The minimum absolute atomic E-state index is 0. The summed E-state index contributed by atoms with van der Waals surface area (Å²) in [5, 5.41) is 0. The Labute approximate surface area is 167 Å². The molecule has 5 rings (SSSR count). The van der Waals surface area contributed by atoms with Crippen molar-refractivity contribution in [2.45, 2.75) is 56.5 Å². The van der Waals surface area contributed by atoms with E-state index >= 15 is 0 Å². The van der Waals surface area contributed by atoms with Gasteiger partial charge in [-0.15, -0.1) is 12.4 Å². The number of amides is 2. The average molecular weight is 384 g/mol. The van der Waals surface area contributed by atoms with E-state index in [2.05, 4.69) is 34.1 Å². The molecular formula is C22H26ClN3O. The lowest BCUT2D eigenvalue weighted by Crippen LogP contribution is -2.54. The summed E-state index contributed by atoms with van der Waals surface area (Å²) in [4.78, 5) is 22.2. The van der Waals surface area contributed by atoms with Crippen LogP contribution in [-0.2, 0) is 6.42 Å². The van der Waals surface area contributed by atoms with Gasteiger partial charge in [-0.05, 0) is 61.8 Å². The molecule has 3 unspecified atom stereocenters. The number of hydrogen-bond donors (Lipinski definition) is 0. The van der Waals surface area contributed by atoms with Crippen molar-refractivity contribution in [2.24, 2.45) is 0 Å². The summed E-state index contributed by atoms with van der Waals surface area (Å²) in [6.45, 7) is 0.837. The largest absolute Gasteiger partial charge is 0.325 e. The van der Waals surface area contributed by atoms with Gasteiger partial charge >= 0.3 is 6.03 Å². The van der Waals surface area contributed by atoms with E-state index in [0.717, 1.165) is 44.3 Å². The molecule has 2 saturated heterocycles. The molecule has 2 amide bonds. The SMILES string of the molecule is Cl.O=C(N1CCCc2ccccc21)N1C2CCC(c3cccnc3)C1CC2. The summed E-state index contributed by atoms with van der Waals surface area (Å²) >= 11 is 0. The van der Waals surface area contributed by atoms with Gasteiger partial charge in [0.2, 0.25) is 0 Å². The molecule has 1 aromatic heterocycles. The van der Waals surface area contributed by atoms with Crippen LogP contribution < -0.4 is 4.90 Å². The number of aromatic nitrogens is 1. The molecule has 27 heavy (non-hydrogen) atoms. The van der Waals surface area contributed by atoms with Crippen molar-refractivity contribution in [3.05, 3.63) is 59.9 Å². The van der Waals surface area contributed by atoms with E-state index in [1.165, 1.54) is 17.5 Å². The molecule has 2 aromatic rings. The zero-order chi connectivity index (χ0) is 17.5. The third kappa shape index (κ3) is 3.10. The number of carbonyl (C=O) groups is 1. The fraction of sp³-hybridized carbons (Fsp3) is 0.455. The van der Waals surface area contributed by atoms with Crippen LogP contribution in [-0.4, -0.2) is 34.5 Å². The van der Waals surface area contributed by atoms with Crippen LogP contribution in [0.25, 0.3) is 0 Å². The highest BCUT2D eigenvalue weighted by molar-refractivity contribution is 5.94. The molecular weight excluding hydrogens is 358 g/mol. The first kappa shape index (κ1) is 18.3. The van der Waals surface area contributed by atoms with E-state index in [1.54, 1.807) is 0 Å². The highest BCUT2D eigenvalue weighted by Crippen LogP contribution is 2.45. The van der Waals surface area contributed by atoms with Crippen molar-refractivity contribution >= 4 is 24.1 Å². The number of rotatable bonds is 1. The Hall–Kier alpha value is -2.07. The molecule has 2 bridgehead atoms. The molecule has 0 saturated carbocycles. The molecule has 0 spiro atoms. The van der Waals surface area contributed by atoms with Crippen LogP contribution in [0.4, 0.5) is 10.5 Å². The van der Waals surface area contributed by atoms with Gasteiger partial charge in [-0.3, -0.25) is 9.88 Å². The number of anilines is 1. The van der Waals surface area contributed by atoms with Gasteiger partial charge in [0.15, 0.2) is 0 Å². The number of benzene rings is 1. The molecule has 5 heteroatoms. The first-order chi connectivity index (χ1) is 12.8. The van der Waals surface area contributed by atoms with E-state index in [0.29, 0.717) is 18.0 Å². The summed E-state index contributed by atoms with van der Waals surface area (Å²) < 4.78 is 0. The summed E-state index contributed by atoms with van der Waals surface area (Å²) in [7, 11) is 0. The van der Waals surface area contributed by atoms with Crippen LogP contribution in [0.2, 0.25) is 0 Å². The molecule has 3 aliphatic heterocycles. The smallest absolute Gasteiger partial charge is 0.318 e. The summed E-state index contributed by atoms with van der Waals surface area (Å²) in [6.07, 6.45) is 10.5. The third-order valence-corrected chi connectivity index (χ3v) is 6.50. The Kier molecular flexibility index (Phi) is 5.09. The highest BCUT2D eigenvalue weighted by atomic mass is 35.5. The summed E-state index contributed by atoms with van der Waals surface area (Å²) in [5.74, 6) is 0.423. The van der Waals surface area contributed by atoms with Crippen molar-refractivity contribution in [3.8, 4) is 0 Å². The fourth-order valence-corrected chi connectivity index (χ4v) is 5.31. The lowest BCUT2D eigenvalue weighted by atomic mass is 9.85. The second kappa shape index (κ2) is 7.51. The maximum atomic E-state index is 13.6. The van der Waals surface area contributed by atoms with Gasteiger partial charge in [-0.2, -0.15) is 0 Å². The van der Waals surface area contributed by atoms with Crippen LogP contribution in [0, 0.1) is 0 Å². The molecule has 0 N–H and O–H groups in total. The predicted octanol–water partition coefficient (Wildman–Crippen LogP) is 4.79. The van der Waals surface area contributed by atoms with Gasteiger partial charge in [0.05, 0.1) is 0 Å². The number of urea groups is 1. The lowest BCUT2D eigenvalue weighted by Gasteiger charge is -2.43. The molecule has 2 fully saturated rings. The van der Waals surface area contributed by atoms with E-state index in [9.17, 15) is 4.79 Å². The summed E-state index contributed by atoms with van der Waals surface area (Å²) in [6, 6.07) is 13.5. The number of piperidine rings is 1. The van der Waals surface area contributed by atoms with Crippen LogP contribution >= 0.6 is 12.4 Å². The molecule has 3 aliphatic rings. The second-order valence-electron chi connectivity index (χ2n) is 7.84. The number of fused-ring (bicyclic) bond motifs is 3. The fourth-order valence-electron chi connectivity index (χ4n) is 5.31. The first-order valence-corrected chi connectivity index (χ1v) is 9.90. The second-order valence-corrected chi connectivity index (χ2v) is 7.84. The van der Waals surface area contributed by atoms with Crippen molar-refractivity contribution in [3.63, 3.8) is 0 Å². The van der Waals surface area contributed by atoms with Gasteiger partial charge in [0.1, 0.15) is 0 Å². The summed E-state index contributed by atoms with van der Waals surface area (Å²) in [5.41, 5.74) is 3.71. The number of aryl methyl sites for hydroxylation is 1. The number of para-hydroxylation sites is 1. The monoisotopic (exact) mass is 383 g/mol. The molecule has 4 nitrogen and oxygen atoms in total. The van der Waals surface area contributed by atoms with Gasteiger partial charge in [-0.1, -0.05) is 24.3 Å². The van der Waals surface area contributed by atoms with Gasteiger partial charge in [0.25, 0.3) is 0 Å². The van der Waals surface area contributed by atoms with Gasteiger partial charge in [0, 0.05) is 42.6 Å². The number of pyridine rings is 1. The maximum absolute atomic E-state index is 13.6. The quantitative estimate of drug-likeness (QED) is 0.710. The molecule has 0 radical (unpaired) electrons. The predicted molar refractivity (Wildman–Crippen MR) is 110 cm³/mol. The molecule has 4 heterocycles. The van der Waals surface area contributed by atoms with E-state index in [-0.39, 0.29) is 18.4 Å². The molecule has 1 aromatic carbocycles. The first-order valence-electron chi connectivity index (χ1n) is 9.90. The number of hydrogen-bond acceptors (Lipinski definition) is 2. The Morgan fingerprint density at radius 1 is 1.04 bits per heavy atom. The zero-order valence-corrected chi connectivity index (χ0v) is 16.3. The number of nitrogens with zero attached hydrogens (tertiary/aromatic N) is 3. The molecule has 0 aliphatic carbocycles. The minimum atomic E-state index is 0. The highest BCUT2D eigenvalue weighted by Gasteiger charge is 2.46. The van der Waals surface area contributed by atoms with Gasteiger partial charge < -0.3 is 4.90 Å². The van der Waals surface area contributed by atoms with Crippen LogP contribution in [0.3, 0.4) is 0 Å². The Morgan fingerprint density at radius 2 is 1.89 bits per heavy atom. The topological polar surface area (TPSA) is 36.4 Å². The Bertz CT molecular complexity index is 812. The van der Waals surface area contributed by atoms with Crippen molar-refractivity contribution < 1.29 is 4.79 Å².